The fourth-order valence-electron chi connectivity index (χ4n) is 3.01. The van der Waals surface area contributed by atoms with E-state index in [0.29, 0.717) is 0 Å². The zero-order chi connectivity index (χ0) is 23.1. The summed E-state index contributed by atoms with van der Waals surface area (Å²) in [5.74, 6) is -4.93. The summed E-state index contributed by atoms with van der Waals surface area (Å²) in [4.78, 5) is -2.46. The molecule has 1 aromatic carbocycles. The Labute approximate surface area is 171 Å². The van der Waals surface area contributed by atoms with Gasteiger partial charge < -0.3 is 5.73 Å². The van der Waals surface area contributed by atoms with Crippen LogP contribution in [0.25, 0.3) is 5.69 Å². The molecule has 1 aliphatic rings. The lowest BCUT2D eigenvalue weighted by atomic mass is 9.95. The molecule has 1 heterocycles. The van der Waals surface area contributed by atoms with Crippen LogP contribution >= 0.6 is 33.4 Å². The number of anilines is 1. The minimum Gasteiger partial charge on any atom is -0.383 e. The first-order valence-electron chi connectivity index (χ1n) is 7.45. The summed E-state index contributed by atoms with van der Waals surface area (Å²) in [5, 5.41) is 10.4. The van der Waals surface area contributed by atoms with Gasteiger partial charge in [0.05, 0.1) is 15.6 Å². The minimum absolute atomic E-state index is 0.203. The highest BCUT2D eigenvalue weighted by Crippen LogP contribution is 3.02. The summed E-state index contributed by atoms with van der Waals surface area (Å²) in [6, 6.07) is 0.888. The molecule has 16 heteroatoms. The van der Waals surface area contributed by atoms with Gasteiger partial charge in [0.15, 0.2) is 5.69 Å². The van der Waals surface area contributed by atoms with Crippen molar-refractivity contribution in [2.45, 2.75) is 29.1 Å². The van der Waals surface area contributed by atoms with Gasteiger partial charge in [0.2, 0.25) is 0 Å². The molecular formula is C14H7Cl2F9N4S. The van der Waals surface area contributed by atoms with Gasteiger partial charge in [0.1, 0.15) is 27.9 Å². The number of nitriles is 1. The molecule has 2 aromatic rings. The van der Waals surface area contributed by atoms with Crippen molar-refractivity contribution in [1.29, 1.82) is 5.26 Å². The molecule has 1 aliphatic carbocycles. The van der Waals surface area contributed by atoms with Crippen LogP contribution in [-0.4, -0.2) is 22.1 Å². The van der Waals surface area contributed by atoms with E-state index in [1.807, 2.05) is 0 Å². The molecule has 30 heavy (non-hydrogen) atoms. The molecule has 4 nitrogen and oxygen atoms in total. The SMILES string of the molecule is N#Cc1nn(-c2c(Cl)cc(S(F)(F)(F)(F)F)cc2Cl)c(N)c1C1(C(F)F)CC1(F)F. The number of benzene rings is 1. The molecule has 1 fully saturated rings. The monoisotopic (exact) mass is 504 g/mol. The predicted molar refractivity (Wildman–Crippen MR) is 91.4 cm³/mol. The van der Waals surface area contributed by atoms with Crippen molar-refractivity contribution in [3.05, 3.63) is 33.4 Å². The number of nitrogens with zero attached hydrogens (tertiary/aromatic N) is 3. The number of hydrogen-bond donors (Lipinski definition) is 1. The zero-order valence-electron chi connectivity index (χ0n) is 13.9. The Morgan fingerprint density at radius 3 is 1.93 bits per heavy atom. The Hall–Kier alpha value is -1.98. The molecule has 3 rings (SSSR count). The fourth-order valence-corrected chi connectivity index (χ4v) is 4.47. The van der Waals surface area contributed by atoms with Gasteiger partial charge in [0, 0.05) is 6.42 Å². The molecule has 166 valence electrons. The molecule has 0 aliphatic heterocycles. The maximum Gasteiger partial charge on any atom is 0.310 e. The normalized spacial score (nSPS) is 23.0. The summed E-state index contributed by atoms with van der Waals surface area (Å²) in [5.41, 5.74) is -0.356. The number of halogens is 11. The Bertz CT molecular complexity index is 1100. The van der Waals surface area contributed by atoms with Crippen molar-refractivity contribution >= 4 is 39.2 Å². The van der Waals surface area contributed by atoms with Crippen molar-refractivity contribution in [3.8, 4) is 11.8 Å². The lowest BCUT2D eigenvalue weighted by Crippen LogP contribution is -2.27. The van der Waals surface area contributed by atoms with E-state index in [1.54, 1.807) is 0 Å². The molecule has 1 saturated carbocycles. The Kier molecular flexibility index (Phi) is 4.26. The van der Waals surface area contributed by atoms with Gasteiger partial charge in [-0.05, 0) is 12.1 Å². The number of nitrogens with two attached hydrogens (primary N) is 1. The molecule has 2 N–H and O–H groups in total. The van der Waals surface area contributed by atoms with Gasteiger partial charge in [0.25, 0.3) is 12.3 Å². The van der Waals surface area contributed by atoms with Crippen LogP contribution in [0, 0.1) is 11.3 Å². The van der Waals surface area contributed by atoms with E-state index in [0.717, 1.165) is 0 Å². The second-order valence-electron chi connectivity index (χ2n) is 6.49. The van der Waals surface area contributed by atoms with Crippen LogP contribution < -0.4 is 5.73 Å². The maximum atomic E-state index is 13.8. The maximum absolute atomic E-state index is 13.8. The summed E-state index contributed by atoms with van der Waals surface area (Å²) < 4.78 is 120. The van der Waals surface area contributed by atoms with Crippen molar-refractivity contribution in [3.63, 3.8) is 0 Å². The largest absolute Gasteiger partial charge is 0.383 e. The molecular weight excluding hydrogens is 498 g/mol. The van der Waals surface area contributed by atoms with E-state index in [1.165, 1.54) is 6.07 Å². The topological polar surface area (TPSA) is 67.6 Å². The van der Waals surface area contributed by atoms with Crippen molar-refractivity contribution in [2.24, 2.45) is 0 Å². The first-order valence-corrected chi connectivity index (χ1v) is 10.2. The highest BCUT2D eigenvalue weighted by molar-refractivity contribution is 8.45. The number of alkyl halides is 4. The molecule has 1 aromatic heterocycles. The summed E-state index contributed by atoms with van der Waals surface area (Å²) >= 11 is 11.3. The van der Waals surface area contributed by atoms with E-state index in [9.17, 15) is 37.0 Å². The number of nitrogen functional groups attached to an aromatic ring is 1. The first kappa shape index (κ1) is 22.7. The molecule has 1 unspecified atom stereocenters. The van der Waals surface area contributed by atoms with E-state index < -0.39 is 72.1 Å². The fraction of sp³-hybridized carbons (Fsp3) is 0.286. The lowest BCUT2D eigenvalue weighted by Gasteiger charge is -2.40. The Morgan fingerprint density at radius 2 is 1.60 bits per heavy atom. The quantitative estimate of drug-likeness (QED) is 0.464. The third-order valence-corrected chi connectivity index (χ3v) is 6.22. The second kappa shape index (κ2) is 5.63. The van der Waals surface area contributed by atoms with E-state index >= 15 is 0 Å². The standard InChI is InChI=1S/C14H7Cl2F9N4S/c15-6-1-5(30(21,22,23,24)25)2-7(16)10(6)29-11(27)9(8(3-26)28-29)13(12(17)18)4-14(13,19)20/h1-2,12H,4,27H2. The third kappa shape index (κ3) is 3.23. The smallest absolute Gasteiger partial charge is 0.310 e. The van der Waals surface area contributed by atoms with E-state index in [2.05, 4.69) is 5.10 Å². The van der Waals surface area contributed by atoms with Crippen LogP contribution in [-0.2, 0) is 5.41 Å². The molecule has 1 atom stereocenters. The highest BCUT2D eigenvalue weighted by atomic mass is 35.5. The minimum atomic E-state index is -10.2. The summed E-state index contributed by atoms with van der Waals surface area (Å²) in [7, 11) is -10.2. The van der Waals surface area contributed by atoms with Gasteiger partial charge in [-0.3, -0.25) is 0 Å². The van der Waals surface area contributed by atoms with Gasteiger partial charge in [-0.25, -0.2) is 22.2 Å². The van der Waals surface area contributed by atoms with Crippen molar-refractivity contribution in [2.75, 3.05) is 5.73 Å². The van der Waals surface area contributed by atoms with Gasteiger partial charge >= 0.3 is 10.2 Å². The van der Waals surface area contributed by atoms with Crippen LogP contribution in [0.1, 0.15) is 17.7 Å². The van der Waals surface area contributed by atoms with Crippen molar-refractivity contribution < 1.29 is 37.0 Å². The third-order valence-electron chi connectivity index (χ3n) is 4.52. The number of aromatic nitrogens is 2. The summed E-state index contributed by atoms with van der Waals surface area (Å²) in [6.07, 6.45) is -5.05. The van der Waals surface area contributed by atoms with Gasteiger partial charge in [-0.1, -0.05) is 42.6 Å². The number of rotatable bonds is 4. The zero-order valence-corrected chi connectivity index (χ0v) is 16.3. The molecule has 0 amide bonds. The second-order valence-corrected chi connectivity index (χ2v) is 9.71. The molecule has 0 radical (unpaired) electrons. The van der Waals surface area contributed by atoms with Crippen LogP contribution in [0.2, 0.25) is 10.0 Å². The highest BCUT2D eigenvalue weighted by Gasteiger charge is 2.79. The molecule has 0 bridgehead atoms. The van der Waals surface area contributed by atoms with E-state index in [4.69, 9.17) is 34.2 Å². The average Bonchev–Trinajstić information content (AvgIpc) is 2.97. The van der Waals surface area contributed by atoms with Crippen LogP contribution in [0.5, 0.6) is 0 Å². The van der Waals surface area contributed by atoms with Gasteiger partial charge in [-0.15, -0.1) is 0 Å². The average molecular weight is 505 g/mol. The molecule has 0 spiro atoms. The van der Waals surface area contributed by atoms with Crippen LogP contribution in [0.4, 0.5) is 42.8 Å². The Balaban J connectivity index is 2.28. The van der Waals surface area contributed by atoms with Crippen molar-refractivity contribution in [1.82, 2.24) is 9.78 Å². The van der Waals surface area contributed by atoms with Crippen LogP contribution in [0.3, 0.4) is 0 Å². The summed E-state index contributed by atoms with van der Waals surface area (Å²) in [6.45, 7) is 0. The lowest BCUT2D eigenvalue weighted by molar-refractivity contribution is 0.0129. The Morgan fingerprint density at radius 1 is 1.13 bits per heavy atom. The number of hydrogen-bond acceptors (Lipinski definition) is 3. The first-order chi connectivity index (χ1) is 13.3. The van der Waals surface area contributed by atoms with E-state index in [-0.39, 0.29) is 16.8 Å². The van der Waals surface area contributed by atoms with Gasteiger partial charge in [-0.2, -0.15) is 10.4 Å². The van der Waals surface area contributed by atoms with Crippen LogP contribution in [0.15, 0.2) is 17.0 Å². The molecule has 0 saturated heterocycles. The predicted octanol–water partition coefficient (Wildman–Crippen LogP) is 6.83.